The summed E-state index contributed by atoms with van der Waals surface area (Å²) in [5, 5.41) is 9.50. The van der Waals surface area contributed by atoms with Gasteiger partial charge in [-0.25, -0.2) is 9.71 Å². The Hall–Kier alpha value is -2.85. The molecule has 2 aromatic rings. The Morgan fingerprint density at radius 1 is 1.26 bits per heavy atom. The minimum atomic E-state index is -4.21. The number of pyridine rings is 1. The number of ether oxygens (including phenoxy) is 2. The fraction of sp³-hybridized carbons (Fsp3) is 0.500. The molecule has 1 unspecified atom stereocenters. The number of rotatable bonds is 9. The standard InChI is InChI=1S/C24H31N3O6S/c1-16(2)15-32-19-8-7-17(3)13-20(19)33-24(10-11-24)23(29)26-34(30,31)22-6-4-5-21(25-22)27-12-9-18(28)14-27/h4-8,13,16,18,28H,9-12,14-15H2,1-3H3,(H,26,29). The highest BCUT2D eigenvalue weighted by atomic mass is 32.2. The van der Waals surface area contributed by atoms with E-state index in [0.29, 0.717) is 62.2 Å². The lowest BCUT2D eigenvalue weighted by Gasteiger charge is -2.21. The molecule has 10 heteroatoms. The fourth-order valence-electron chi connectivity index (χ4n) is 3.72. The van der Waals surface area contributed by atoms with Gasteiger partial charge >= 0.3 is 0 Å². The third-order valence-corrected chi connectivity index (χ3v) is 7.03. The fourth-order valence-corrected chi connectivity index (χ4v) is 4.72. The van der Waals surface area contributed by atoms with E-state index in [2.05, 4.69) is 9.71 Å². The lowest BCUT2D eigenvalue weighted by atomic mass is 10.2. The van der Waals surface area contributed by atoms with Crippen LogP contribution in [-0.4, -0.2) is 55.8 Å². The molecular formula is C24H31N3O6S. The summed E-state index contributed by atoms with van der Waals surface area (Å²) >= 11 is 0. The largest absolute Gasteiger partial charge is 0.489 e. The van der Waals surface area contributed by atoms with E-state index in [9.17, 15) is 18.3 Å². The Kier molecular flexibility index (Phi) is 6.73. The molecular weight excluding hydrogens is 458 g/mol. The summed E-state index contributed by atoms with van der Waals surface area (Å²) in [6.45, 7) is 7.43. The number of benzene rings is 1. The van der Waals surface area contributed by atoms with Gasteiger partial charge in [0.05, 0.1) is 12.7 Å². The second-order valence-electron chi connectivity index (χ2n) is 9.41. The number of hydrogen-bond acceptors (Lipinski definition) is 8. The molecule has 1 atom stereocenters. The number of aliphatic hydroxyl groups excluding tert-OH is 1. The topological polar surface area (TPSA) is 118 Å². The van der Waals surface area contributed by atoms with Crippen molar-refractivity contribution < 1.29 is 27.8 Å². The second-order valence-corrected chi connectivity index (χ2v) is 11.0. The Bertz CT molecular complexity index is 1160. The quantitative estimate of drug-likeness (QED) is 0.551. The zero-order valence-electron chi connectivity index (χ0n) is 19.7. The molecule has 1 saturated heterocycles. The predicted molar refractivity (Wildman–Crippen MR) is 127 cm³/mol. The van der Waals surface area contributed by atoms with E-state index < -0.39 is 27.6 Å². The Morgan fingerprint density at radius 3 is 2.68 bits per heavy atom. The molecule has 2 fully saturated rings. The van der Waals surface area contributed by atoms with Gasteiger partial charge in [-0.15, -0.1) is 0 Å². The van der Waals surface area contributed by atoms with Crippen LogP contribution in [0.2, 0.25) is 0 Å². The lowest BCUT2D eigenvalue weighted by molar-refractivity contribution is -0.128. The zero-order chi connectivity index (χ0) is 24.5. The van der Waals surface area contributed by atoms with Crippen LogP contribution in [0.4, 0.5) is 5.82 Å². The van der Waals surface area contributed by atoms with Gasteiger partial charge in [0.25, 0.3) is 15.9 Å². The molecule has 2 N–H and O–H groups in total. The van der Waals surface area contributed by atoms with E-state index in [1.54, 1.807) is 24.3 Å². The Labute approximate surface area is 200 Å². The summed E-state index contributed by atoms with van der Waals surface area (Å²) in [6, 6.07) is 10.1. The normalized spacial score (nSPS) is 19.2. The molecule has 1 aliphatic carbocycles. The van der Waals surface area contributed by atoms with Gasteiger partial charge in [-0.1, -0.05) is 26.0 Å². The van der Waals surface area contributed by atoms with Crippen molar-refractivity contribution in [2.24, 2.45) is 5.92 Å². The van der Waals surface area contributed by atoms with Gasteiger partial charge in [-0.3, -0.25) is 4.79 Å². The number of nitrogens with one attached hydrogen (secondary N) is 1. The number of aryl methyl sites for hydroxylation is 1. The number of hydrogen-bond donors (Lipinski definition) is 2. The molecule has 184 valence electrons. The molecule has 4 rings (SSSR count). The van der Waals surface area contributed by atoms with E-state index >= 15 is 0 Å². The summed E-state index contributed by atoms with van der Waals surface area (Å²) in [4.78, 5) is 19.1. The van der Waals surface area contributed by atoms with Gasteiger partial charge in [0.2, 0.25) is 0 Å². The number of sulfonamides is 1. The van der Waals surface area contributed by atoms with Gasteiger partial charge in [0.1, 0.15) is 5.82 Å². The maximum absolute atomic E-state index is 13.0. The molecule has 1 aliphatic heterocycles. The molecule has 1 amide bonds. The number of nitrogens with zero attached hydrogens (tertiary/aromatic N) is 2. The number of carbonyl (C=O) groups is 1. The van der Waals surface area contributed by atoms with Crippen molar-refractivity contribution in [3.63, 3.8) is 0 Å². The maximum atomic E-state index is 13.0. The number of amides is 1. The Morgan fingerprint density at radius 2 is 2.03 bits per heavy atom. The molecule has 2 aliphatic rings. The first-order chi connectivity index (χ1) is 16.1. The van der Waals surface area contributed by atoms with Gasteiger partial charge in [-0.05, 0) is 49.1 Å². The predicted octanol–water partition coefficient (Wildman–Crippen LogP) is 2.41. The lowest BCUT2D eigenvalue weighted by Crippen LogP contribution is -2.43. The molecule has 2 heterocycles. The van der Waals surface area contributed by atoms with E-state index in [1.807, 2.05) is 31.7 Å². The van der Waals surface area contributed by atoms with Crippen molar-refractivity contribution in [3.05, 3.63) is 42.0 Å². The summed E-state index contributed by atoms with van der Waals surface area (Å²) in [7, 11) is -4.21. The third-order valence-electron chi connectivity index (χ3n) is 5.79. The van der Waals surface area contributed by atoms with Crippen LogP contribution in [0.3, 0.4) is 0 Å². The zero-order valence-corrected chi connectivity index (χ0v) is 20.5. The molecule has 34 heavy (non-hydrogen) atoms. The van der Waals surface area contributed by atoms with Crippen LogP contribution in [-0.2, 0) is 14.8 Å². The summed E-state index contributed by atoms with van der Waals surface area (Å²) in [5.41, 5.74) is -0.336. The van der Waals surface area contributed by atoms with E-state index in [-0.39, 0.29) is 5.03 Å². The van der Waals surface area contributed by atoms with Crippen LogP contribution in [0.1, 0.15) is 38.7 Å². The molecule has 0 bridgehead atoms. The summed E-state index contributed by atoms with van der Waals surface area (Å²) < 4.78 is 40.0. The third kappa shape index (κ3) is 5.44. The number of aromatic nitrogens is 1. The van der Waals surface area contributed by atoms with Gasteiger partial charge in [0.15, 0.2) is 22.1 Å². The van der Waals surface area contributed by atoms with Crippen molar-refractivity contribution in [1.82, 2.24) is 9.71 Å². The van der Waals surface area contributed by atoms with Crippen molar-refractivity contribution in [2.45, 2.75) is 56.8 Å². The smallest absolute Gasteiger partial charge is 0.281 e. The van der Waals surface area contributed by atoms with Gasteiger partial charge in [0, 0.05) is 25.9 Å². The highest BCUT2D eigenvalue weighted by Gasteiger charge is 2.54. The first-order valence-electron chi connectivity index (χ1n) is 11.5. The monoisotopic (exact) mass is 489 g/mol. The van der Waals surface area contributed by atoms with Crippen molar-refractivity contribution in [3.8, 4) is 11.5 Å². The van der Waals surface area contributed by atoms with Crippen LogP contribution in [0.5, 0.6) is 11.5 Å². The minimum Gasteiger partial charge on any atom is -0.489 e. The first kappa shape index (κ1) is 24.3. The SMILES string of the molecule is Cc1ccc(OCC(C)C)c(OC2(C(=O)NS(=O)(=O)c3cccc(N4CCC(O)C4)n3)CC2)c1. The molecule has 1 saturated carbocycles. The van der Waals surface area contributed by atoms with Gasteiger partial charge < -0.3 is 19.5 Å². The highest BCUT2D eigenvalue weighted by Crippen LogP contribution is 2.43. The van der Waals surface area contributed by atoms with E-state index in [0.717, 1.165) is 5.56 Å². The average molecular weight is 490 g/mol. The maximum Gasteiger partial charge on any atom is 0.281 e. The number of anilines is 1. The Balaban J connectivity index is 1.49. The first-order valence-corrected chi connectivity index (χ1v) is 13.0. The second kappa shape index (κ2) is 9.42. The van der Waals surface area contributed by atoms with Crippen molar-refractivity contribution in [1.29, 1.82) is 0 Å². The van der Waals surface area contributed by atoms with Crippen molar-refractivity contribution >= 4 is 21.7 Å². The van der Waals surface area contributed by atoms with Crippen molar-refractivity contribution in [2.75, 3.05) is 24.6 Å². The number of carbonyl (C=O) groups excluding carboxylic acids is 1. The average Bonchev–Trinajstić information content (AvgIpc) is 3.44. The summed E-state index contributed by atoms with van der Waals surface area (Å²) in [5.74, 6) is 0.954. The van der Waals surface area contributed by atoms with Crippen LogP contribution >= 0.6 is 0 Å². The van der Waals surface area contributed by atoms with Crippen LogP contribution in [0.25, 0.3) is 0 Å². The van der Waals surface area contributed by atoms with Crippen LogP contribution < -0.4 is 19.1 Å². The highest BCUT2D eigenvalue weighted by molar-refractivity contribution is 7.90. The molecule has 1 aromatic heterocycles. The van der Waals surface area contributed by atoms with Crippen LogP contribution in [0, 0.1) is 12.8 Å². The van der Waals surface area contributed by atoms with E-state index in [1.165, 1.54) is 6.07 Å². The van der Waals surface area contributed by atoms with Gasteiger partial charge in [-0.2, -0.15) is 8.42 Å². The summed E-state index contributed by atoms with van der Waals surface area (Å²) in [6.07, 6.45) is 0.914. The van der Waals surface area contributed by atoms with E-state index in [4.69, 9.17) is 9.47 Å². The molecule has 0 spiro atoms. The number of aliphatic hydroxyl groups is 1. The molecule has 1 aromatic carbocycles. The molecule has 0 radical (unpaired) electrons. The number of β-amino-alcohol motifs (C(OH)–C–C–N with tert-alkyl or cyclic N) is 1. The molecule has 9 nitrogen and oxygen atoms in total. The minimum absolute atomic E-state index is 0.257. The van der Waals surface area contributed by atoms with Crippen LogP contribution in [0.15, 0.2) is 41.4 Å².